The third-order valence-corrected chi connectivity index (χ3v) is 6.87. The number of rotatable bonds is 10. The number of hydrogen-bond acceptors (Lipinski definition) is 8. The van der Waals surface area contributed by atoms with E-state index in [1.807, 2.05) is 30.3 Å². The summed E-state index contributed by atoms with van der Waals surface area (Å²) in [4.78, 5) is 48.5. The lowest BCUT2D eigenvalue weighted by Gasteiger charge is -2.28. The minimum Gasteiger partial charge on any atom is -0.461 e. The van der Waals surface area contributed by atoms with Gasteiger partial charge in [0, 0.05) is 32.3 Å². The van der Waals surface area contributed by atoms with Gasteiger partial charge < -0.3 is 24.3 Å². The predicted octanol–water partition coefficient (Wildman–Crippen LogP) is 3.25. The molecule has 1 fully saturated rings. The Labute approximate surface area is 223 Å². The molecule has 1 saturated carbocycles. The molecule has 0 unspecified atom stereocenters. The fourth-order valence-corrected chi connectivity index (χ4v) is 5.26. The second-order valence-corrected chi connectivity index (χ2v) is 9.75. The van der Waals surface area contributed by atoms with Crippen LogP contribution < -0.4 is 5.32 Å². The largest absolute Gasteiger partial charge is 0.461 e. The fraction of sp³-hybridized carbons (Fsp3) is 0.407. The molecule has 6 atom stereocenters. The molecule has 0 saturated heterocycles. The molecule has 10 heteroatoms. The van der Waals surface area contributed by atoms with E-state index in [4.69, 9.17) is 18.9 Å². The van der Waals surface area contributed by atoms with E-state index >= 15 is 0 Å². The average molecular weight is 576 g/mol. The van der Waals surface area contributed by atoms with Crippen LogP contribution in [0.4, 0.5) is 0 Å². The van der Waals surface area contributed by atoms with Crippen LogP contribution in [0.15, 0.2) is 60.7 Å². The summed E-state index contributed by atoms with van der Waals surface area (Å²) >= 11 is 3.51. The van der Waals surface area contributed by atoms with Gasteiger partial charge in [0.05, 0.1) is 24.1 Å². The maximum absolute atomic E-state index is 13.5. The number of ether oxygens (including phenoxy) is 4. The maximum Gasteiger partial charge on any atom is 0.303 e. The van der Waals surface area contributed by atoms with Crippen molar-refractivity contribution in [3.63, 3.8) is 0 Å². The van der Waals surface area contributed by atoms with Crippen molar-refractivity contribution in [3.05, 3.63) is 71.8 Å². The molecule has 1 amide bonds. The van der Waals surface area contributed by atoms with E-state index in [0.717, 1.165) is 5.56 Å². The molecule has 1 N–H and O–H groups in total. The van der Waals surface area contributed by atoms with Crippen LogP contribution in [-0.2, 0) is 44.7 Å². The molecule has 198 valence electrons. The van der Waals surface area contributed by atoms with E-state index in [0.29, 0.717) is 5.56 Å². The normalized spacial score (nSPS) is 23.5. The van der Waals surface area contributed by atoms with Gasteiger partial charge >= 0.3 is 17.9 Å². The molecule has 2 aromatic rings. The zero-order valence-electron chi connectivity index (χ0n) is 20.8. The SMILES string of the molecule is CC(=O)O[C@@H]1[C@@H](Br)[C@H](OC(C)=O)[C@@H](COCc2ccccc2)[C@@H]1NC(=O)[C@@H](OC(C)=O)c1ccccc1. The molecule has 1 aliphatic rings. The minimum atomic E-state index is -1.23. The van der Waals surface area contributed by atoms with Crippen LogP contribution in [0.5, 0.6) is 0 Å². The van der Waals surface area contributed by atoms with Crippen molar-refractivity contribution in [1.29, 1.82) is 0 Å². The Balaban J connectivity index is 1.89. The van der Waals surface area contributed by atoms with Crippen molar-refractivity contribution in [2.75, 3.05) is 6.61 Å². The molecule has 0 heterocycles. The summed E-state index contributed by atoms with van der Waals surface area (Å²) in [6, 6.07) is 17.2. The summed E-state index contributed by atoms with van der Waals surface area (Å²) in [5.41, 5.74) is 1.41. The van der Waals surface area contributed by atoms with Gasteiger partial charge in [-0.2, -0.15) is 0 Å². The predicted molar refractivity (Wildman–Crippen MR) is 136 cm³/mol. The molecule has 3 rings (SSSR count). The Morgan fingerprint density at radius 1 is 0.838 bits per heavy atom. The van der Waals surface area contributed by atoms with Gasteiger partial charge in [-0.15, -0.1) is 0 Å². The van der Waals surface area contributed by atoms with E-state index in [2.05, 4.69) is 21.2 Å². The Morgan fingerprint density at radius 2 is 1.41 bits per heavy atom. The number of nitrogens with one attached hydrogen (secondary N) is 1. The highest BCUT2D eigenvalue weighted by atomic mass is 79.9. The van der Waals surface area contributed by atoms with Gasteiger partial charge in [0.1, 0.15) is 12.2 Å². The fourth-order valence-electron chi connectivity index (χ4n) is 4.32. The molecule has 2 aromatic carbocycles. The molecule has 0 spiro atoms. The number of benzene rings is 2. The summed E-state index contributed by atoms with van der Waals surface area (Å²) in [5.74, 6) is -2.93. The molecule has 0 aromatic heterocycles. The first kappa shape index (κ1) is 28.3. The van der Waals surface area contributed by atoms with E-state index < -0.39 is 58.9 Å². The van der Waals surface area contributed by atoms with Crippen LogP contribution in [0.1, 0.15) is 38.0 Å². The van der Waals surface area contributed by atoms with Gasteiger partial charge in [-0.25, -0.2) is 0 Å². The van der Waals surface area contributed by atoms with Crippen molar-refractivity contribution in [2.45, 2.75) is 56.6 Å². The third kappa shape index (κ3) is 7.87. The van der Waals surface area contributed by atoms with Crippen molar-refractivity contribution in [2.24, 2.45) is 5.92 Å². The zero-order valence-corrected chi connectivity index (χ0v) is 22.4. The van der Waals surface area contributed by atoms with E-state index in [1.165, 1.54) is 20.8 Å². The third-order valence-electron chi connectivity index (χ3n) is 5.82. The molecule has 0 radical (unpaired) electrons. The summed E-state index contributed by atoms with van der Waals surface area (Å²) < 4.78 is 22.4. The number of carbonyl (C=O) groups excluding carboxylic acids is 4. The minimum absolute atomic E-state index is 0.0845. The van der Waals surface area contributed by atoms with Crippen LogP contribution in [-0.4, -0.2) is 53.5 Å². The van der Waals surface area contributed by atoms with Crippen LogP contribution in [0.2, 0.25) is 0 Å². The van der Waals surface area contributed by atoms with Gasteiger partial charge in [0.25, 0.3) is 5.91 Å². The van der Waals surface area contributed by atoms with Gasteiger partial charge in [0.2, 0.25) is 6.10 Å². The highest BCUT2D eigenvalue weighted by molar-refractivity contribution is 9.09. The van der Waals surface area contributed by atoms with Crippen LogP contribution >= 0.6 is 15.9 Å². The maximum atomic E-state index is 13.5. The Kier molecular flexibility index (Phi) is 10.2. The lowest BCUT2D eigenvalue weighted by molar-refractivity contribution is -0.156. The molecular weight excluding hydrogens is 546 g/mol. The van der Waals surface area contributed by atoms with Crippen molar-refractivity contribution >= 4 is 39.7 Å². The van der Waals surface area contributed by atoms with Gasteiger partial charge in [0.15, 0.2) is 0 Å². The van der Waals surface area contributed by atoms with Gasteiger partial charge in [-0.1, -0.05) is 76.6 Å². The highest BCUT2D eigenvalue weighted by Gasteiger charge is 2.54. The molecule has 0 aliphatic heterocycles. The first-order chi connectivity index (χ1) is 17.7. The molecule has 0 bridgehead atoms. The van der Waals surface area contributed by atoms with Gasteiger partial charge in [-0.05, 0) is 5.56 Å². The van der Waals surface area contributed by atoms with Gasteiger partial charge in [-0.3, -0.25) is 19.2 Å². The van der Waals surface area contributed by atoms with Crippen LogP contribution in [0.3, 0.4) is 0 Å². The monoisotopic (exact) mass is 575 g/mol. The zero-order chi connectivity index (χ0) is 26.9. The highest BCUT2D eigenvalue weighted by Crippen LogP contribution is 2.37. The van der Waals surface area contributed by atoms with E-state index in [1.54, 1.807) is 30.3 Å². The lowest BCUT2D eigenvalue weighted by Crippen LogP contribution is -2.50. The standard InChI is InChI=1S/C27H30BrNO8/c1-16(30)35-24(20-12-8-5-9-13-20)27(33)29-23-21(15-34-14-19-10-6-4-7-11-19)25(36-17(2)31)22(28)26(23)37-18(3)32/h4-13,21-26H,14-15H2,1-3H3,(H,29,33)/t21-,22-,23-,24-,25+,26+/m0/s1. The second-order valence-electron chi connectivity index (χ2n) is 8.69. The summed E-state index contributed by atoms with van der Waals surface area (Å²) in [6.07, 6.45) is -2.89. The number of halogens is 1. The summed E-state index contributed by atoms with van der Waals surface area (Å²) in [7, 11) is 0. The smallest absolute Gasteiger partial charge is 0.303 e. The second kappa shape index (κ2) is 13.3. The summed E-state index contributed by atoms with van der Waals surface area (Å²) in [5, 5.41) is 2.88. The first-order valence-electron chi connectivity index (χ1n) is 11.8. The number of carbonyl (C=O) groups is 4. The van der Waals surface area contributed by atoms with E-state index in [-0.39, 0.29) is 13.2 Å². The molecule has 37 heavy (non-hydrogen) atoms. The Bertz CT molecular complexity index is 1080. The van der Waals surface area contributed by atoms with Crippen molar-refractivity contribution in [1.82, 2.24) is 5.32 Å². The Hall–Kier alpha value is -3.24. The average Bonchev–Trinajstić information content (AvgIpc) is 3.08. The van der Waals surface area contributed by atoms with Crippen LogP contribution in [0.25, 0.3) is 0 Å². The quantitative estimate of drug-likeness (QED) is 0.260. The molecular formula is C27H30BrNO8. The number of hydrogen-bond donors (Lipinski definition) is 1. The number of amides is 1. The number of alkyl halides is 1. The van der Waals surface area contributed by atoms with E-state index in [9.17, 15) is 19.2 Å². The lowest BCUT2D eigenvalue weighted by atomic mass is 10.0. The number of esters is 3. The van der Waals surface area contributed by atoms with Crippen molar-refractivity contribution in [3.8, 4) is 0 Å². The first-order valence-corrected chi connectivity index (χ1v) is 12.7. The van der Waals surface area contributed by atoms with Crippen molar-refractivity contribution < 1.29 is 38.1 Å². The molecule has 9 nitrogen and oxygen atoms in total. The topological polar surface area (TPSA) is 117 Å². The molecule has 1 aliphatic carbocycles. The Morgan fingerprint density at radius 3 is 1.97 bits per heavy atom. The van der Waals surface area contributed by atoms with Crippen LogP contribution in [0, 0.1) is 5.92 Å². The summed E-state index contributed by atoms with van der Waals surface area (Å²) in [6.45, 7) is 4.12.